The van der Waals surface area contributed by atoms with Gasteiger partial charge in [-0.2, -0.15) is 13.2 Å². The van der Waals surface area contributed by atoms with E-state index in [-0.39, 0.29) is 22.5 Å². The van der Waals surface area contributed by atoms with Gasteiger partial charge in [-0.1, -0.05) is 12.1 Å². The summed E-state index contributed by atoms with van der Waals surface area (Å²) in [5.41, 5.74) is 0.929. The molecular formula is C20H16F3N3O4. The number of ketones is 1. The molecule has 10 heteroatoms. The van der Waals surface area contributed by atoms with Gasteiger partial charge in [-0.15, -0.1) is 0 Å². The molecular weight excluding hydrogens is 403 g/mol. The smallest absolute Gasteiger partial charge is 0.449 e. The first-order valence-electron chi connectivity index (χ1n) is 8.74. The van der Waals surface area contributed by atoms with Crippen molar-refractivity contribution >= 4 is 34.4 Å². The van der Waals surface area contributed by atoms with Crippen LogP contribution in [0, 0.1) is 0 Å². The lowest BCUT2D eigenvalue weighted by Crippen LogP contribution is -2.22. The Hall–Kier alpha value is -3.69. The van der Waals surface area contributed by atoms with Gasteiger partial charge in [0.05, 0.1) is 11.0 Å². The molecule has 30 heavy (non-hydrogen) atoms. The van der Waals surface area contributed by atoms with Crippen LogP contribution in [0.25, 0.3) is 11.0 Å². The van der Waals surface area contributed by atoms with Crippen LogP contribution in [0.5, 0.6) is 0 Å². The standard InChI is InChI=1S/C20H16F3N3O4/c1-12(27)24-14-8-6-13(7-9-14)17(28)11-30-18(29)10-26-16-5-3-2-4-15(16)25-19(26)20(21,22)23/h2-9H,10-11H2,1H3,(H,24,27). The molecule has 0 aliphatic carbocycles. The number of alkyl halides is 3. The summed E-state index contributed by atoms with van der Waals surface area (Å²) in [5.74, 6) is -3.04. The zero-order chi connectivity index (χ0) is 21.9. The van der Waals surface area contributed by atoms with Crippen LogP contribution >= 0.6 is 0 Å². The topological polar surface area (TPSA) is 90.3 Å². The molecule has 3 aromatic rings. The maximum atomic E-state index is 13.3. The molecule has 7 nitrogen and oxygen atoms in total. The predicted octanol–water partition coefficient (Wildman–Crippen LogP) is 3.44. The number of hydrogen-bond donors (Lipinski definition) is 1. The summed E-state index contributed by atoms with van der Waals surface area (Å²) < 4.78 is 45.4. The van der Waals surface area contributed by atoms with Crippen LogP contribution in [0.4, 0.5) is 18.9 Å². The molecule has 0 spiro atoms. The number of Topliss-reactive ketones (excluding diaryl/α,β-unsaturated/α-hetero) is 1. The Morgan fingerprint density at radius 3 is 2.37 bits per heavy atom. The number of halogens is 3. The van der Waals surface area contributed by atoms with Crippen LogP contribution < -0.4 is 5.32 Å². The van der Waals surface area contributed by atoms with E-state index in [9.17, 15) is 27.6 Å². The first-order valence-corrected chi connectivity index (χ1v) is 8.74. The number of ether oxygens (including phenoxy) is 1. The average molecular weight is 419 g/mol. The molecule has 156 valence electrons. The van der Waals surface area contributed by atoms with E-state index in [4.69, 9.17) is 4.74 Å². The van der Waals surface area contributed by atoms with E-state index in [1.807, 2.05) is 0 Å². The molecule has 0 fully saturated rings. The van der Waals surface area contributed by atoms with E-state index in [0.717, 1.165) is 0 Å². The number of carbonyl (C=O) groups is 3. The highest BCUT2D eigenvalue weighted by Gasteiger charge is 2.38. The summed E-state index contributed by atoms with van der Waals surface area (Å²) in [6.45, 7) is -0.0391. The summed E-state index contributed by atoms with van der Waals surface area (Å²) in [4.78, 5) is 38.8. The number of amides is 1. The van der Waals surface area contributed by atoms with Gasteiger partial charge < -0.3 is 14.6 Å². The minimum atomic E-state index is -4.76. The van der Waals surface area contributed by atoms with Crippen molar-refractivity contribution in [3.05, 3.63) is 59.9 Å². The first-order chi connectivity index (χ1) is 14.1. The molecule has 0 saturated carbocycles. The molecule has 1 N–H and O–H groups in total. The Morgan fingerprint density at radius 1 is 1.07 bits per heavy atom. The number of hydrogen-bond acceptors (Lipinski definition) is 5. The molecule has 0 aliphatic rings. The number of esters is 1. The van der Waals surface area contributed by atoms with Crippen molar-refractivity contribution in [2.24, 2.45) is 0 Å². The van der Waals surface area contributed by atoms with Crippen molar-refractivity contribution in [1.82, 2.24) is 9.55 Å². The molecule has 0 aliphatic heterocycles. The third-order valence-corrected chi connectivity index (χ3v) is 4.09. The predicted molar refractivity (Wildman–Crippen MR) is 101 cm³/mol. The maximum absolute atomic E-state index is 13.3. The molecule has 0 saturated heterocycles. The Morgan fingerprint density at radius 2 is 1.73 bits per heavy atom. The maximum Gasteiger partial charge on any atom is 0.449 e. The highest BCUT2D eigenvalue weighted by atomic mass is 19.4. The normalized spacial score (nSPS) is 11.3. The van der Waals surface area contributed by atoms with E-state index in [1.54, 1.807) is 0 Å². The number of carbonyl (C=O) groups excluding carboxylic acids is 3. The lowest BCUT2D eigenvalue weighted by molar-refractivity contribution is -0.150. The van der Waals surface area contributed by atoms with Crippen molar-refractivity contribution < 1.29 is 32.3 Å². The summed E-state index contributed by atoms with van der Waals surface area (Å²) in [6, 6.07) is 11.8. The quantitative estimate of drug-likeness (QED) is 0.488. The number of imidazole rings is 1. The molecule has 1 heterocycles. The van der Waals surface area contributed by atoms with Gasteiger partial charge in [0.25, 0.3) is 0 Å². The third-order valence-electron chi connectivity index (χ3n) is 4.09. The van der Waals surface area contributed by atoms with Gasteiger partial charge in [0.1, 0.15) is 6.54 Å². The van der Waals surface area contributed by atoms with Crippen molar-refractivity contribution in [3.8, 4) is 0 Å². The second-order valence-corrected chi connectivity index (χ2v) is 6.35. The number of benzene rings is 2. The molecule has 0 atom stereocenters. The van der Waals surface area contributed by atoms with E-state index in [1.165, 1.54) is 55.5 Å². The Labute approximate surface area is 168 Å². The molecule has 0 unspecified atom stereocenters. The number of rotatable bonds is 6. The van der Waals surface area contributed by atoms with E-state index in [2.05, 4.69) is 10.3 Å². The van der Waals surface area contributed by atoms with Crippen molar-refractivity contribution in [1.29, 1.82) is 0 Å². The number of aromatic nitrogens is 2. The highest BCUT2D eigenvalue weighted by molar-refractivity contribution is 5.98. The van der Waals surface area contributed by atoms with Crippen LogP contribution in [0.15, 0.2) is 48.5 Å². The van der Waals surface area contributed by atoms with Gasteiger partial charge in [-0.25, -0.2) is 4.98 Å². The van der Waals surface area contributed by atoms with Crippen LogP contribution in [0.1, 0.15) is 23.1 Å². The summed E-state index contributed by atoms with van der Waals surface area (Å²) >= 11 is 0. The molecule has 2 aromatic carbocycles. The van der Waals surface area contributed by atoms with Gasteiger partial charge in [0, 0.05) is 18.2 Å². The minimum Gasteiger partial charge on any atom is -0.456 e. The number of nitrogens with zero attached hydrogens (tertiary/aromatic N) is 2. The van der Waals surface area contributed by atoms with Crippen molar-refractivity contribution in [2.45, 2.75) is 19.6 Å². The monoisotopic (exact) mass is 419 g/mol. The van der Waals surface area contributed by atoms with Crippen LogP contribution in [0.2, 0.25) is 0 Å². The summed E-state index contributed by atoms with van der Waals surface area (Å²) in [7, 11) is 0. The van der Waals surface area contributed by atoms with E-state index >= 15 is 0 Å². The largest absolute Gasteiger partial charge is 0.456 e. The fourth-order valence-electron chi connectivity index (χ4n) is 2.80. The van der Waals surface area contributed by atoms with Gasteiger partial charge >= 0.3 is 12.1 Å². The lowest BCUT2D eigenvalue weighted by Gasteiger charge is -2.11. The lowest BCUT2D eigenvalue weighted by atomic mass is 10.1. The highest BCUT2D eigenvalue weighted by Crippen LogP contribution is 2.31. The van der Waals surface area contributed by atoms with E-state index < -0.39 is 36.9 Å². The van der Waals surface area contributed by atoms with Crippen LogP contribution in [-0.2, 0) is 27.0 Å². The number of fused-ring (bicyclic) bond motifs is 1. The van der Waals surface area contributed by atoms with E-state index in [0.29, 0.717) is 10.3 Å². The molecule has 0 bridgehead atoms. The number of anilines is 1. The zero-order valence-corrected chi connectivity index (χ0v) is 15.7. The van der Waals surface area contributed by atoms with Crippen molar-refractivity contribution in [2.75, 3.05) is 11.9 Å². The van der Waals surface area contributed by atoms with Gasteiger partial charge in [-0.3, -0.25) is 14.4 Å². The summed E-state index contributed by atoms with van der Waals surface area (Å²) in [5, 5.41) is 2.54. The second-order valence-electron chi connectivity index (χ2n) is 6.35. The van der Waals surface area contributed by atoms with Crippen LogP contribution in [-0.4, -0.2) is 33.8 Å². The second kappa shape index (κ2) is 8.36. The fraction of sp³-hybridized carbons (Fsp3) is 0.200. The molecule has 0 radical (unpaired) electrons. The minimum absolute atomic E-state index is 0.0907. The average Bonchev–Trinajstić information content (AvgIpc) is 3.05. The summed E-state index contributed by atoms with van der Waals surface area (Å²) in [6.07, 6.45) is -4.76. The SMILES string of the molecule is CC(=O)Nc1ccc(C(=O)COC(=O)Cn2c(C(F)(F)F)nc3ccccc32)cc1. The number of para-hydroxylation sites is 2. The van der Waals surface area contributed by atoms with Crippen LogP contribution in [0.3, 0.4) is 0 Å². The Kier molecular flexibility index (Phi) is 5.86. The van der Waals surface area contributed by atoms with Gasteiger partial charge in [0.2, 0.25) is 11.7 Å². The van der Waals surface area contributed by atoms with Gasteiger partial charge in [0.15, 0.2) is 12.4 Å². The Bertz CT molecular complexity index is 1100. The van der Waals surface area contributed by atoms with Gasteiger partial charge in [-0.05, 0) is 36.4 Å². The first kappa shape index (κ1) is 21.0. The van der Waals surface area contributed by atoms with Crippen molar-refractivity contribution in [3.63, 3.8) is 0 Å². The molecule has 1 aromatic heterocycles. The number of nitrogens with one attached hydrogen (secondary N) is 1. The fourth-order valence-corrected chi connectivity index (χ4v) is 2.80. The Balaban J connectivity index is 1.68. The third kappa shape index (κ3) is 4.83. The molecule has 3 rings (SSSR count). The molecule has 1 amide bonds. The zero-order valence-electron chi connectivity index (χ0n) is 15.7.